The summed E-state index contributed by atoms with van der Waals surface area (Å²) in [7, 11) is 0. The van der Waals surface area contributed by atoms with E-state index in [0.29, 0.717) is 5.69 Å². The van der Waals surface area contributed by atoms with Crippen LogP contribution >= 0.6 is 0 Å². The second-order valence-corrected chi connectivity index (χ2v) is 6.13. The fourth-order valence-corrected chi connectivity index (χ4v) is 2.66. The molecule has 1 heterocycles. The number of anilines is 1. The van der Waals surface area contributed by atoms with Crippen molar-refractivity contribution >= 4 is 23.5 Å². The molecule has 3 N–H and O–H groups in total. The first kappa shape index (κ1) is 19.7. The molecule has 0 radical (unpaired) electrons. The van der Waals surface area contributed by atoms with Crippen molar-refractivity contribution in [2.75, 3.05) is 5.32 Å². The van der Waals surface area contributed by atoms with Gasteiger partial charge in [0.2, 0.25) is 0 Å². The van der Waals surface area contributed by atoms with Crippen molar-refractivity contribution in [3.63, 3.8) is 0 Å². The van der Waals surface area contributed by atoms with E-state index < -0.39 is 29.0 Å². The van der Waals surface area contributed by atoms with E-state index in [1.165, 1.54) is 22.9 Å². The number of hydrogen-bond donors (Lipinski definition) is 3. The molecule has 10 heteroatoms. The Morgan fingerprint density at radius 2 is 1.69 bits per heavy atom. The zero-order chi connectivity index (χ0) is 21.1. The number of carbonyl (C=O) groups excluding carboxylic acids is 1. The fraction of sp³-hybridized carbons (Fsp3) is 0.105. The lowest BCUT2D eigenvalue weighted by Crippen LogP contribution is -2.16. The number of carboxylic acids is 2. The van der Waals surface area contributed by atoms with Crippen LogP contribution in [0.4, 0.5) is 10.1 Å². The lowest BCUT2D eigenvalue weighted by atomic mass is 10.1. The number of aromatic carboxylic acids is 2. The first-order chi connectivity index (χ1) is 13.8. The van der Waals surface area contributed by atoms with Crippen molar-refractivity contribution in [2.24, 2.45) is 0 Å². The van der Waals surface area contributed by atoms with Gasteiger partial charge in [-0.05, 0) is 42.8 Å². The highest BCUT2D eigenvalue weighted by Gasteiger charge is 2.20. The topological polar surface area (TPSA) is 134 Å². The maximum Gasteiger partial charge on any atom is 0.336 e. The first-order valence-corrected chi connectivity index (χ1v) is 8.32. The predicted molar refractivity (Wildman–Crippen MR) is 98.6 cm³/mol. The molecule has 0 saturated carbocycles. The van der Waals surface area contributed by atoms with E-state index in [0.717, 1.165) is 17.7 Å². The number of benzene rings is 2. The maximum atomic E-state index is 13.0. The third-order valence-corrected chi connectivity index (χ3v) is 4.18. The molecule has 1 amide bonds. The van der Waals surface area contributed by atoms with Crippen molar-refractivity contribution in [1.29, 1.82) is 0 Å². The molecule has 29 heavy (non-hydrogen) atoms. The summed E-state index contributed by atoms with van der Waals surface area (Å²) in [5.41, 5.74) is 0.495. The molecule has 0 unspecified atom stereocenters. The van der Waals surface area contributed by atoms with Crippen LogP contribution in [0.3, 0.4) is 0 Å². The Hall–Kier alpha value is -4.08. The fourth-order valence-electron chi connectivity index (χ4n) is 2.66. The summed E-state index contributed by atoms with van der Waals surface area (Å²) < 4.78 is 14.5. The standard InChI is InChI=1S/C19H15FN4O5/c1-10-16(22-23-24(10)9-11-2-4-12(20)5-3-11)17(25)21-13-6-7-14(18(26)27)15(8-13)19(28)29/h2-8H,9H2,1H3,(H,21,25)(H,26,27)(H,28,29). The summed E-state index contributed by atoms with van der Waals surface area (Å²) in [4.78, 5) is 34.9. The molecule has 0 fully saturated rings. The van der Waals surface area contributed by atoms with Crippen LogP contribution in [0, 0.1) is 12.7 Å². The lowest BCUT2D eigenvalue weighted by molar-refractivity contribution is 0.0651. The molecule has 3 rings (SSSR count). The average molecular weight is 398 g/mol. The van der Waals surface area contributed by atoms with Gasteiger partial charge >= 0.3 is 11.9 Å². The summed E-state index contributed by atoms with van der Waals surface area (Å²) in [6.45, 7) is 1.91. The normalized spacial score (nSPS) is 10.6. The molecule has 0 aliphatic rings. The predicted octanol–water partition coefficient (Wildman–Crippen LogP) is 2.42. The monoisotopic (exact) mass is 398 g/mol. The van der Waals surface area contributed by atoms with Crippen LogP contribution in [0.1, 0.15) is 42.5 Å². The summed E-state index contributed by atoms with van der Waals surface area (Å²) in [5.74, 6) is -3.81. The molecule has 0 bridgehead atoms. The van der Waals surface area contributed by atoms with E-state index in [1.54, 1.807) is 19.1 Å². The zero-order valence-electron chi connectivity index (χ0n) is 15.1. The Kier molecular flexibility index (Phi) is 5.35. The van der Waals surface area contributed by atoms with Crippen molar-refractivity contribution in [3.8, 4) is 0 Å². The van der Waals surface area contributed by atoms with Gasteiger partial charge in [0.25, 0.3) is 5.91 Å². The Morgan fingerprint density at radius 1 is 1.03 bits per heavy atom. The smallest absolute Gasteiger partial charge is 0.336 e. The third-order valence-electron chi connectivity index (χ3n) is 4.18. The van der Waals surface area contributed by atoms with E-state index in [2.05, 4.69) is 15.6 Å². The van der Waals surface area contributed by atoms with Crippen LogP contribution in [0.15, 0.2) is 42.5 Å². The van der Waals surface area contributed by atoms with Gasteiger partial charge in [-0.2, -0.15) is 0 Å². The third kappa shape index (κ3) is 4.26. The Morgan fingerprint density at radius 3 is 2.31 bits per heavy atom. The number of carbonyl (C=O) groups is 3. The van der Waals surface area contributed by atoms with Gasteiger partial charge in [-0.25, -0.2) is 18.7 Å². The summed E-state index contributed by atoms with van der Waals surface area (Å²) in [5, 5.41) is 28.5. The van der Waals surface area contributed by atoms with Crippen LogP contribution in [-0.4, -0.2) is 43.1 Å². The van der Waals surface area contributed by atoms with Gasteiger partial charge in [0, 0.05) is 5.69 Å². The minimum Gasteiger partial charge on any atom is -0.478 e. The number of nitrogens with zero attached hydrogens (tertiary/aromatic N) is 3. The van der Waals surface area contributed by atoms with Gasteiger partial charge < -0.3 is 15.5 Å². The van der Waals surface area contributed by atoms with E-state index in [9.17, 15) is 18.8 Å². The maximum absolute atomic E-state index is 13.0. The molecule has 0 atom stereocenters. The van der Waals surface area contributed by atoms with Crippen molar-refractivity contribution in [3.05, 3.63) is 76.4 Å². The molecule has 0 aliphatic carbocycles. The van der Waals surface area contributed by atoms with Gasteiger partial charge in [-0.1, -0.05) is 17.3 Å². The van der Waals surface area contributed by atoms with Crippen molar-refractivity contribution in [1.82, 2.24) is 15.0 Å². The van der Waals surface area contributed by atoms with Crippen LogP contribution < -0.4 is 5.32 Å². The number of carboxylic acid groups (broad SMARTS) is 2. The summed E-state index contributed by atoms with van der Waals surface area (Å²) in [6.07, 6.45) is 0. The number of amides is 1. The van der Waals surface area contributed by atoms with E-state index in [-0.39, 0.29) is 23.7 Å². The molecule has 0 aliphatic heterocycles. The van der Waals surface area contributed by atoms with Gasteiger partial charge in [0.1, 0.15) is 5.82 Å². The Balaban J connectivity index is 1.80. The zero-order valence-corrected chi connectivity index (χ0v) is 15.1. The molecule has 3 aromatic rings. The molecule has 0 saturated heterocycles. The highest BCUT2D eigenvalue weighted by Crippen LogP contribution is 2.18. The lowest BCUT2D eigenvalue weighted by Gasteiger charge is -2.08. The molecular weight excluding hydrogens is 383 g/mol. The summed E-state index contributed by atoms with van der Waals surface area (Å²) >= 11 is 0. The van der Waals surface area contributed by atoms with E-state index in [1.807, 2.05) is 0 Å². The quantitative estimate of drug-likeness (QED) is 0.580. The number of aromatic nitrogens is 3. The second kappa shape index (κ2) is 7.89. The van der Waals surface area contributed by atoms with Crippen LogP contribution in [0.25, 0.3) is 0 Å². The molecule has 0 spiro atoms. The molecule has 148 valence electrons. The Bertz CT molecular complexity index is 1110. The average Bonchev–Trinajstić information content (AvgIpc) is 3.03. The highest BCUT2D eigenvalue weighted by atomic mass is 19.1. The van der Waals surface area contributed by atoms with Crippen molar-refractivity contribution in [2.45, 2.75) is 13.5 Å². The van der Waals surface area contributed by atoms with Crippen molar-refractivity contribution < 1.29 is 29.0 Å². The number of hydrogen-bond acceptors (Lipinski definition) is 5. The van der Waals surface area contributed by atoms with Gasteiger partial charge in [0.15, 0.2) is 5.69 Å². The first-order valence-electron chi connectivity index (χ1n) is 8.32. The SMILES string of the molecule is Cc1c(C(=O)Nc2ccc(C(=O)O)c(C(=O)O)c2)nnn1Cc1ccc(F)cc1. The number of halogens is 1. The number of rotatable bonds is 6. The van der Waals surface area contributed by atoms with Gasteiger partial charge in [-0.15, -0.1) is 5.10 Å². The highest BCUT2D eigenvalue weighted by molar-refractivity contribution is 6.06. The minimum absolute atomic E-state index is 0.0197. The van der Waals surface area contributed by atoms with Crippen LogP contribution in [-0.2, 0) is 6.54 Å². The second-order valence-electron chi connectivity index (χ2n) is 6.13. The largest absolute Gasteiger partial charge is 0.478 e. The molecule has 2 aromatic carbocycles. The summed E-state index contributed by atoms with van der Waals surface area (Å²) in [6, 6.07) is 9.25. The number of nitrogens with one attached hydrogen (secondary N) is 1. The minimum atomic E-state index is -1.43. The van der Waals surface area contributed by atoms with E-state index in [4.69, 9.17) is 10.2 Å². The molecular formula is C19H15FN4O5. The van der Waals surface area contributed by atoms with Gasteiger partial charge in [0.05, 0.1) is 23.4 Å². The molecule has 1 aromatic heterocycles. The Labute approximate surface area is 163 Å². The van der Waals surface area contributed by atoms with Crippen LogP contribution in [0.2, 0.25) is 0 Å². The molecule has 9 nitrogen and oxygen atoms in total. The van der Waals surface area contributed by atoms with Gasteiger partial charge in [-0.3, -0.25) is 4.79 Å². The van der Waals surface area contributed by atoms with Crippen LogP contribution in [0.5, 0.6) is 0 Å². The van der Waals surface area contributed by atoms with E-state index >= 15 is 0 Å².